The summed E-state index contributed by atoms with van der Waals surface area (Å²) in [5, 5.41) is 3.06. The van der Waals surface area contributed by atoms with Gasteiger partial charge < -0.3 is 5.32 Å². The fourth-order valence-corrected chi connectivity index (χ4v) is 1.78. The number of benzene rings is 1. The zero-order valence-corrected chi connectivity index (χ0v) is 8.80. The van der Waals surface area contributed by atoms with E-state index in [1.165, 1.54) is 12.1 Å². The first-order valence-corrected chi connectivity index (χ1v) is 5.32. The van der Waals surface area contributed by atoms with Crippen LogP contribution in [0.4, 0.5) is 8.78 Å². The second-order valence-corrected chi connectivity index (χ2v) is 4.16. The van der Waals surface area contributed by atoms with E-state index >= 15 is 0 Å². The predicted molar refractivity (Wildman–Crippen MR) is 56.0 cm³/mol. The van der Waals surface area contributed by atoms with Gasteiger partial charge >= 0.3 is 0 Å². The fourth-order valence-electron chi connectivity index (χ4n) is 1.78. The average molecular weight is 225 g/mol. The predicted octanol–water partition coefficient (Wildman–Crippen LogP) is 1.69. The Kier molecular flexibility index (Phi) is 3.29. The minimum Gasteiger partial charge on any atom is -0.316 e. The van der Waals surface area contributed by atoms with Crippen LogP contribution in [0.5, 0.6) is 0 Å². The zero-order valence-electron chi connectivity index (χ0n) is 8.80. The van der Waals surface area contributed by atoms with Crippen LogP contribution in [-0.2, 0) is 11.2 Å². The lowest BCUT2D eigenvalue weighted by Crippen LogP contribution is -2.43. The molecule has 1 heterocycles. The number of nitrogens with one attached hydrogen (secondary N) is 1. The van der Waals surface area contributed by atoms with Gasteiger partial charge in [0.15, 0.2) is 11.6 Å². The highest BCUT2D eigenvalue weighted by atomic mass is 19.2. The Labute approximate surface area is 92.7 Å². The van der Waals surface area contributed by atoms with E-state index in [0.29, 0.717) is 12.3 Å². The van der Waals surface area contributed by atoms with Gasteiger partial charge in [-0.25, -0.2) is 8.78 Å². The Morgan fingerprint density at radius 2 is 2.12 bits per heavy atom. The second-order valence-electron chi connectivity index (χ2n) is 4.16. The number of halogens is 2. The van der Waals surface area contributed by atoms with Crippen molar-refractivity contribution in [1.29, 1.82) is 0 Å². The van der Waals surface area contributed by atoms with E-state index in [2.05, 4.69) is 5.32 Å². The summed E-state index contributed by atoms with van der Waals surface area (Å²) in [5.74, 6) is -1.46. The van der Waals surface area contributed by atoms with Crippen LogP contribution in [0.3, 0.4) is 0 Å². The van der Waals surface area contributed by atoms with E-state index in [1.54, 1.807) is 0 Å². The van der Waals surface area contributed by atoms with Crippen molar-refractivity contribution < 1.29 is 13.6 Å². The van der Waals surface area contributed by atoms with Crippen LogP contribution < -0.4 is 5.32 Å². The summed E-state index contributed by atoms with van der Waals surface area (Å²) in [6, 6.07) is 3.93. The van der Waals surface area contributed by atoms with E-state index in [0.717, 1.165) is 19.2 Å². The van der Waals surface area contributed by atoms with Crippen molar-refractivity contribution in [3.63, 3.8) is 0 Å². The molecular weight excluding hydrogens is 212 g/mol. The van der Waals surface area contributed by atoms with Crippen LogP contribution in [0, 0.1) is 17.6 Å². The van der Waals surface area contributed by atoms with Gasteiger partial charge in [-0.05, 0) is 30.6 Å². The summed E-state index contributed by atoms with van der Waals surface area (Å²) in [7, 11) is 0. The van der Waals surface area contributed by atoms with Gasteiger partial charge in [0.25, 0.3) is 0 Å². The van der Waals surface area contributed by atoms with Gasteiger partial charge in [-0.1, -0.05) is 12.1 Å². The number of carbonyl (C=O) groups excluding carboxylic acids is 1. The molecule has 0 spiro atoms. The van der Waals surface area contributed by atoms with Crippen molar-refractivity contribution in [2.45, 2.75) is 12.8 Å². The van der Waals surface area contributed by atoms with Crippen LogP contribution in [0.15, 0.2) is 18.2 Å². The molecule has 0 aromatic heterocycles. The van der Waals surface area contributed by atoms with Gasteiger partial charge in [0.1, 0.15) is 5.78 Å². The number of ketones is 1. The highest BCUT2D eigenvalue weighted by Crippen LogP contribution is 2.15. The zero-order chi connectivity index (χ0) is 11.5. The van der Waals surface area contributed by atoms with E-state index in [4.69, 9.17) is 0 Å². The van der Waals surface area contributed by atoms with Crippen molar-refractivity contribution in [2.24, 2.45) is 5.92 Å². The molecule has 0 saturated carbocycles. The van der Waals surface area contributed by atoms with Crippen LogP contribution in [0.1, 0.15) is 12.0 Å². The van der Waals surface area contributed by atoms with E-state index in [9.17, 15) is 13.6 Å². The lowest BCUT2D eigenvalue weighted by Gasteiger charge is -2.26. The normalized spacial score (nSPS) is 15.9. The molecule has 2 rings (SSSR count). The van der Waals surface area contributed by atoms with Crippen molar-refractivity contribution in [3.05, 3.63) is 35.4 Å². The van der Waals surface area contributed by atoms with Gasteiger partial charge in [0.2, 0.25) is 0 Å². The maximum absolute atomic E-state index is 13.3. The molecule has 1 aromatic rings. The van der Waals surface area contributed by atoms with Crippen LogP contribution in [0.25, 0.3) is 0 Å². The summed E-state index contributed by atoms with van der Waals surface area (Å²) >= 11 is 0. The molecule has 1 aliphatic rings. The Morgan fingerprint density at radius 1 is 1.38 bits per heavy atom. The molecular formula is C12H13F2NO. The molecule has 0 unspecified atom stereocenters. The molecule has 4 heteroatoms. The topological polar surface area (TPSA) is 29.1 Å². The summed E-state index contributed by atoms with van der Waals surface area (Å²) < 4.78 is 26.1. The first-order chi connectivity index (χ1) is 7.66. The summed E-state index contributed by atoms with van der Waals surface area (Å²) in [6.45, 7) is 1.69. The fraction of sp³-hybridized carbons (Fsp3) is 0.417. The highest BCUT2D eigenvalue weighted by Gasteiger charge is 2.21. The lowest BCUT2D eigenvalue weighted by molar-refractivity contribution is -0.119. The van der Waals surface area contributed by atoms with Gasteiger partial charge in [-0.3, -0.25) is 4.79 Å². The Morgan fingerprint density at radius 3 is 2.75 bits per heavy atom. The third kappa shape index (κ3) is 2.44. The van der Waals surface area contributed by atoms with Crippen molar-refractivity contribution >= 4 is 5.78 Å². The molecule has 0 radical (unpaired) electrons. The van der Waals surface area contributed by atoms with Crippen molar-refractivity contribution in [3.8, 4) is 0 Å². The Balaban J connectivity index is 1.97. The minimum atomic E-state index is -0.900. The smallest absolute Gasteiger partial charge is 0.162 e. The van der Waals surface area contributed by atoms with Gasteiger partial charge in [-0.2, -0.15) is 0 Å². The number of rotatable bonds is 4. The van der Waals surface area contributed by atoms with E-state index in [-0.39, 0.29) is 17.8 Å². The Hall–Kier alpha value is -1.29. The standard InChI is InChI=1S/C12H13F2NO/c13-11-3-1-2-9(12(11)14)5-10(16)4-8-6-15-7-8/h1-3,8,15H,4-7H2. The molecule has 16 heavy (non-hydrogen) atoms. The van der Waals surface area contributed by atoms with E-state index < -0.39 is 11.6 Å². The largest absolute Gasteiger partial charge is 0.316 e. The quantitative estimate of drug-likeness (QED) is 0.844. The van der Waals surface area contributed by atoms with Gasteiger partial charge in [-0.15, -0.1) is 0 Å². The second kappa shape index (κ2) is 4.70. The number of carbonyl (C=O) groups is 1. The van der Waals surface area contributed by atoms with Gasteiger partial charge in [0.05, 0.1) is 0 Å². The molecule has 0 bridgehead atoms. The molecule has 0 atom stereocenters. The number of Topliss-reactive ketones (excluding diaryl/α,β-unsaturated/α-hetero) is 1. The third-order valence-corrected chi connectivity index (χ3v) is 2.80. The molecule has 0 amide bonds. The summed E-state index contributed by atoms with van der Waals surface area (Å²) in [5.41, 5.74) is 0.150. The molecule has 1 N–H and O–H groups in total. The SMILES string of the molecule is O=C(Cc1cccc(F)c1F)CC1CNC1. The third-order valence-electron chi connectivity index (χ3n) is 2.80. The number of hydrogen-bond acceptors (Lipinski definition) is 2. The first kappa shape index (κ1) is 11.2. The maximum Gasteiger partial charge on any atom is 0.162 e. The molecule has 1 aliphatic heterocycles. The van der Waals surface area contributed by atoms with Crippen LogP contribution in [0.2, 0.25) is 0 Å². The monoisotopic (exact) mass is 225 g/mol. The molecule has 0 aliphatic carbocycles. The molecule has 2 nitrogen and oxygen atoms in total. The molecule has 1 fully saturated rings. The summed E-state index contributed by atoms with van der Waals surface area (Å²) in [6.07, 6.45) is 0.434. The van der Waals surface area contributed by atoms with Crippen LogP contribution in [-0.4, -0.2) is 18.9 Å². The lowest BCUT2D eigenvalue weighted by atomic mass is 9.94. The molecule has 86 valence electrons. The summed E-state index contributed by atoms with van der Waals surface area (Å²) in [4.78, 5) is 11.6. The highest BCUT2D eigenvalue weighted by molar-refractivity contribution is 5.81. The van der Waals surface area contributed by atoms with Crippen LogP contribution >= 0.6 is 0 Å². The first-order valence-electron chi connectivity index (χ1n) is 5.32. The van der Waals surface area contributed by atoms with Crippen molar-refractivity contribution in [2.75, 3.05) is 13.1 Å². The van der Waals surface area contributed by atoms with Gasteiger partial charge in [0, 0.05) is 12.8 Å². The Bertz CT molecular complexity index is 402. The molecule has 1 saturated heterocycles. The van der Waals surface area contributed by atoms with Crippen molar-refractivity contribution in [1.82, 2.24) is 5.32 Å². The van der Waals surface area contributed by atoms with E-state index in [1.807, 2.05) is 0 Å². The minimum absolute atomic E-state index is 0.0138. The molecule has 1 aromatic carbocycles. The maximum atomic E-state index is 13.3. The number of hydrogen-bond donors (Lipinski definition) is 1. The average Bonchev–Trinajstić information content (AvgIpc) is 2.19.